The van der Waals surface area contributed by atoms with Crippen molar-refractivity contribution in [3.05, 3.63) is 34.4 Å². The van der Waals surface area contributed by atoms with E-state index in [1.54, 1.807) is 0 Å². The molecule has 16 atom stereocenters. The number of nitro benzene ring substituents is 1. The van der Waals surface area contributed by atoms with E-state index in [4.69, 9.17) is 28.4 Å². The number of carbonyl (C=O) groups is 3. The van der Waals surface area contributed by atoms with E-state index in [0.717, 1.165) is 38.1 Å². The first-order chi connectivity index (χ1) is 25.8. The Morgan fingerprint density at radius 2 is 1.50 bits per heavy atom. The predicted octanol–water partition coefficient (Wildman–Crippen LogP) is -10.4. The van der Waals surface area contributed by atoms with Gasteiger partial charge < -0.3 is 94.9 Å². The van der Waals surface area contributed by atoms with Gasteiger partial charge in [0.15, 0.2) is 6.29 Å². The zero-order valence-corrected chi connectivity index (χ0v) is 32.2. The molecular weight excluding hydrogens is 773 g/mol. The van der Waals surface area contributed by atoms with Gasteiger partial charge in [0, 0.05) is 32.4 Å². The molecule has 0 spiro atoms. The van der Waals surface area contributed by atoms with Crippen LogP contribution in [0.1, 0.15) is 20.3 Å². The number of hydrogen-bond donors (Lipinski definition) is 11. The maximum Gasteiger partial charge on any atom is 1.00 e. The van der Waals surface area contributed by atoms with E-state index in [2.05, 4.69) is 10.6 Å². The number of aliphatic hydroxyl groups is 9. The molecule has 0 aromatic heterocycles. The molecule has 24 nitrogen and oxygen atoms in total. The molecule has 0 bridgehead atoms. The third-order valence-corrected chi connectivity index (χ3v) is 9.14. The molecular formula is C31H44N3NaO21. The number of non-ortho nitro benzene ring substituents is 1. The van der Waals surface area contributed by atoms with Crippen LogP contribution in [0.4, 0.5) is 5.69 Å². The van der Waals surface area contributed by atoms with Gasteiger partial charge in [0.25, 0.3) is 5.69 Å². The molecule has 3 heterocycles. The number of aliphatic hydroxyl groups excluding tert-OH is 9. The Morgan fingerprint density at radius 1 is 0.911 bits per heavy atom. The van der Waals surface area contributed by atoms with Crippen molar-refractivity contribution in [1.82, 2.24) is 10.6 Å². The zero-order chi connectivity index (χ0) is 40.9. The number of nitro groups is 1. The summed E-state index contributed by atoms with van der Waals surface area (Å²) in [4.78, 5) is 47.4. The van der Waals surface area contributed by atoms with Crippen molar-refractivity contribution in [3.63, 3.8) is 0 Å². The van der Waals surface area contributed by atoms with Gasteiger partial charge in [-0.25, -0.2) is 0 Å². The maximum absolute atomic E-state index is 12.6. The molecule has 0 saturated carbocycles. The SMILES string of the molecule is CC(=O)N[C@@H]1[C@@H](O)C[C@](OC[C@H]2O[C@@H](Oc3ccc([N+](=O)[O-])cc3)[C@H](NC(C)=O)[C@@H](O[C@@H]3O[C@H](CO)[C@H](O)[C@H](O)[C@H]3O)[C@@H]2O)(C(=O)[O-])O[C@H]1C(O)C(O)CO.[Na+]. The molecule has 3 saturated heterocycles. The molecule has 3 aliphatic rings. The first kappa shape index (κ1) is 47.6. The fraction of sp³-hybridized carbons (Fsp3) is 0.710. The van der Waals surface area contributed by atoms with Crippen molar-refractivity contribution in [2.45, 2.75) is 118 Å². The van der Waals surface area contributed by atoms with E-state index >= 15 is 0 Å². The van der Waals surface area contributed by atoms with E-state index in [1.807, 2.05) is 0 Å². The van der Waals surface area contributed by atoms with Crippen LogP contribution in [0, 0.1) is 10.1 Å². The molecule has 3 fully saturated rings. The second-order valence-corrected chi connectivity index (χ2v) is 13.1. The smallest absolute Gasteiger partial charge is 0.544 e. The van der Waals surface area contributed by atoms with Gasteiger partial charge in [0.2, 0.25) is 23.9 Å². The fourth-order valence-corrected chi connectivity index (χ4v) is 6.31. The number of carboxylic acid groups (broad SMARTS) is 1. The molecule has 1 aromatic rings. The topological polar surface area (TPSA) is 379 Å². The summed E-state index contributed by atoms with van der Waals surface area (Å²) in [5.74, 6) is -6.81. The largest absolute Gasteiger partial charge is 1.00 e. The minimum Gasteiger partial charge on any atom is -0.544 e. The van der Waals surface area contributed by atoms with E-state index in [-0.39, 0.29) is 41.0 Å². The second kappa shape index (κ2) is 20.3. The summed E-state index contributed by atoms with van der Waals surface area (Å²) in [6.07, 6.45) is -25.5. The van der Waals surface area contributed by atoms with Gasteiger partial charge in [-0.15, -0.1) is 0 Å². The molecule has 0 radical (unpaired) electrons. The van der Waals surface area contributed by atoms with Gasteiger partial charge >= 0.3 is 29.6 Å². The van der Waals surface area contributed by atoms with E-state index in [0.29, 0.717) is 0 Å². The predicted molar refractivity (Wildman–Crippen MR) is 171 cm³/mol. The number of aliphatic carboxylic acids is 1. The Labute approximate surface area is 339 Å². The van der Waals surface area contributed by atoms with Crippen LogP contribution in [-0.4, -0.2) is 186 Å². The third kappa shape index (κ3) is 10.9. The maximum atomic E-state index is 12.6. The molecule has 56 heavy (non-hydrogen) atoms. The van der Waals surface area contributed by atoms with Gasteiger partial charge in [0.1, 0.15) is 78.8 Å². The van der Waals surface area contributed by atoms with Crippen molar-refractivity contribution in [3.8, 4) is 5.75 Å². The van der Waals surface area contributed by atoms with Crippen LogP contribution in [0.15, 0.2) is 24.3 Å². The van der Waals surface area contributed by atoms with Gasteiger partial charge in [-0.05, 0) is 12.1 Å². The normalized spacial score (nSPS) is 36.9. The summed E-state index contributed by atoms with van der Waals surface area (Å²) in [7, 11) is 0. The Kier molecular flexibility index (Phi) is 17.3. The first-order valence-electron chi connectivity index (χ1n) is 16.8. The van der Waals surface area contributed by atoms with Crippen molar-refractivity contribution in [2.75, 3.05) is 19.8 Å². The number of ether oxygens (including phenoxy) is 6. The number of carbonyl (C=O) groups excluding carboxylic acids is 3. The van der Waals surface area contributed by atoms with Crippen LogP contribution >= 0.6 is 0 Å². The number of hydrogen-bond acceptors (Lipinski definition) is 21. The van der Waals surface area contributed by atoms with E-state index in [1.165, 1.54) is 0 Å². The molecule has 2 amide bonds. The molecule has 1 aromatic carbocycles. The van der Waals surface area contributed by atoms with E-state index in [9.17, 15) is 75.6 Å². The van der Waals surface area contributed by atoms with E-state index < -0.39 is 147 Å². The second-order valence-electron chi connectivity index (χ2n) is 13.1. The summed E-state index contributed by atoms with van der Waals surface area (Å²) in [5, 5.41) is 122. The molecule has 25 heteroatoms. The summed E-state index contributed by atoms with van der Waals surface area (Å²) in [5.41, 5.74) is -0.334. The average molecular weight is 818 g/mol. The van der Waals surface area contributed by atoms with Crippen LogP contribution in [0.5, 0.6) is 5.75 Å². The van der Waals surface area contributed by atoms with Crippen LogP contribution < -0.4 is 50.0 Å². The van der Waals surface area contributed by atoms with Gasteiger partial charge in [-0.1, -0.05) is 0 Å². The number of rotatable bonds is 15. The minimum absolute atomic E-state index is 0. The minimum atomic E-state index is -3.02. The summed E-state index contributed by atoms with van der Waals surface area (Å²) < 4.78 is 34.1. The fourth-order valence-electron chi connectivity index (χ4n) is 6.31. The number of carboxylic acids is 1. The Morgan fingerprint density at radius 3 is 2.04 bits per heavy atom. The molecule has 2 unspecified atom stereocenters. The van der Waals surface area contributed by atoms with Crippen LogP contribution in [-0.2, 0) is 38.1 Å². The quantitative estimate of drug-likeness (QED) is 0.0445. The van der Waals surface area contributed by atoms with Crippen molar-refractivity contribution >= 4 is 23.5 Å². The number of benzene rings is 1. The molecule has 0 aliphatic carbocycles. The molecule has 11 N–H and O–H groups in total. The van der Waals surface area contributed by atoms with Gasteiger partial charge in [-0.3, -0.25) is 19.7 Å². The average Bonchev–Trinajstić information content (AvgIpc) is 3.13. The molecule has 3 aliphatic heterocycles. The van der Waals surface area contributed by atoms with Crippen molar-refractivity contribution < 1.29 is 128 Å². The summed E-state index contributed by atoms with van der Waals surface area (Å²) in [6, 6.07) is 1.28. The Hall–Kier alpha value is -2.73. The van der Waals surface area contributed by atoms with Crippen molar-refractivity contribution in [2.24, 2.45) is 0 Å². The Bertz CT molecular complexity index is 1490. The monoisotopic (exact) mass is 817 g/mol. The zero-order valence-electron chi connectivity index (χ0n) is 30.2. The standard InChI is InChI=1S/C31H45N3O21.Na/c1-11(37)32-19-15(39)7-31(30(46)47,55-27(19)21(41)16(40)8-35)50-10-18-23(43)26(54-29-25(45)24(44)22(42)17(9-36)52-29)20(33-12(2)38)28(53-18)51-14-5-3-13(4-6-14)34(48)49;/h3-6,15-29,35-36,39-45H,7-10H2,1-2H3,(H,32,37)(H,33,38)(H,46,47);/q;+1/p-1/t15-,16?,17+,18+,19+,20+,21?,22-,23+,24-,25+,26+,27+,28+,29-,31+;/m0./s1. The van der Waals surface area contributed by atoms with Gasteiger partial charge in [0.05, 0.1) is 36.9 Å². The van der Waals surface area contributed by atoms with Gasteiger partial charge in [-0.2, -0.15) is 0 Å². The first-order valence-corrected chi connectivity index (χ1v) is 16.8. The number of nitrogens with zero attached hydrogens (tertiary/aromatic N) is 1. The summed E-state index contributed by atoms with van der Waals surface area (Å²) in [6.45, 7) is -0.892. The summed E-state index contributed by atoms with van der Waals surface area (Å²) >= 11 is 0. The third-order valence-electron chi connectivity index (χ3n) is 9.14. The number of amides is 2. The van der Waals surface area contributed by atoms with Crippen molar-refractivity contribution in [1.29, 1.82) is 0 Å². The van der Waals surface area contributed by atoms with Crippen LogP contribution in [0.3, 0.4) is 0 Å². The van der Waals surface area contributed by atoms with Crippen LogP contribution in [0.25, 0.3) is 0 Å². The number of nitrogens with one attached hydrogen (secondary N) is 2. The molecule has 310 valence electrons. The molecule has 4 rings (SSSR count). The Balaban J connectivity index is 0.00000841. The van der Waals surface area contributed by atoms with Crippen LogP contribution in [0.2, 0.25) is 0 Å².